The van der Waals surface area contributed by atoms with Crippen LogP contribution in [0.4, 0.5) is 14.5 Å². The summed E-state index contributed by atoms with van der Waals surface area (Å²) in [6.07, 6.45) is 0.731. The zero-order valence-electron chi connectivity index (χ0n) is 8.11. The first kappa shape index (κ1) is 10.9. The maximum Gasteiger partial charge on any atom is 0.182 e. The average Bonchev–Trinajstić information content (AvgIpc) is 2.18. The van der Waals surface area contributed by atoms with Crippen LogP contribution in [0.1, 0.15) is 12.0 Å². The van der Waals surface area contributed by atoms with Gasteiger partial charge < -0.3 is 11.1 Å². The number of benzene rings is 1. The Kier molecular flexibility index (Phi) is 3.83. The van der Waals surface area contributed by atoms with Gasteiger partial charge in [0, 0.05) is 6.54 Å². The second kappa shape index (κ2) is 4.91. The molecule has 0 saturated heterocycles. The van der Waals surface area contributed by atoms with Crippen LogP contribution in [0, 0.1) is 18.6 Å². The van der Waals surface area contributed by atoms with E-state index in [1.807, 2.05) is 0 Å². The van der Waals surface area contributed by atoms with E-state index in [-0.39, 0.29) is 5.69 Å². The van der Waals surface area contributed by atoms with Crippen molar-refractivity contribution in [1.82, 2.24) is 0 Å². The Labute approximate surface area is 82.1 Å². The minimum Gasteiger partial charge on any atom is -0.383 e. The molecule has 0 aliphatic heterocycles. The molecule has 2 nitrogen and oxygen atoms in total. The smallest absolute Gasteiger partial charge is 0.182 e. The molecule has 1 aromatic carbocycles. The van der Waals surface area contributed by atoms with Gasteiger partial charge in [-0.3, -0.25) is 0 Å². The van der Waals surface area contributed by atoms with Crippen molar-refractivity contribution in [3.05, 3.63) is 29.3 Å². The standard InChI is InChI=1S/C10H14F2N2/c1-7-3-4-8(10(12)9(7)11)14-6-2-5-13/h3-4,14H,2,5-6,13H2,1H3. The third-order valence-electron chi connectivity index (χ3n) is 1.97. The second-order valence-electron chi connectivity index (χ2n) is 3.13. The first-order valence-corrected chi connectivity index (χ1v) is 4.55. The molecule has 0 unspecified atom stereocenters. The summed E-state index contributed by atoms with van der Waals surface area (Å²) in [5.41, 5.74) is 5.78. The minimum atomic E-state index is -0.818. The molecule has 14 heavy (non-hydrogen) atoms. The van der Waals surface area contributed by atoms with Crippen molar-refractivity contribution in [2.24, 2.45) is 5.73 Å². The van der Waals surface area contributed by atoms with Gasteiger partial charge in [0.15, 0.2) is 11.6 Å². The Morgan fingerprint density at radius 1 is 1.29 bits per heavy atom. The van der Waals surface area contributed by atoms with Crippen LogP contribution in [0.15, 0.2) is 12.1 Å². The Bertz CT molecular complexity index is 313. The Balaban J connectivity index is 2.73. The highest BCUT2D eigenvalue weighted by molar-refractivity contribution is 5.46. The van der Waals surface area contributed by atoms with Gasteiger partial charge in [0.05, 0.1) is 5.69 Å². The lowest BCUT2D eigenvalue weighted by atomic mass is 10.2. The van der Waals surface area contributed by atoms with E-state index >= 15 is 0 Å². The molecule has 0 aromatic heterocycles. The molecule has 1 aromatic rings. The molecule has 0 fully saturated rings. The minimum absolute atomic E-state index is 0.196. The van der Waals surface area contributed by atoms with Crippen molar-refractivity contribution in [2.75, 3.05) is 18.4 Å². The van der Waals surface area contributed by atoms with Crippen LogP contribution in [0.3, 0.4) is 0 Å². The number of nitrogens with one attached hydrogen (secondary N) is 1. The molecule has 4 heteroatoms. The van der Waals surface area contributed by atoms with Crippen LogP contribution in [0.25, 0.3) is 0 Å². The largest absolute Gasteiger partial charge is 0.383 e. The van der Waals surface area contributed by atoms with Crippen LogP contribution in [-0.4, -0.2) is 13.1 Å². The molecule has 0 atom stereocenters. The maximum absolute atomic E-state index is 13.2. The third kappa shape index (κ3) is 2.42. The third-order valence-corrected chi connectivity index (χ3v) is 1.97. The number of rotatable bonds is 4. The average molecular weight is 200 g/mol. The Morgan fingerprint density at radius 2 is 2.00 bits per heavy atom. The fourth-order valence-corrected chi connectivity index (χ4v) is 1.11. The second-order valence-corrected chi connectivity index (χ2v) is 3.13. The fraction of sp³-hybridized carbons (Fsp3) is 0.400. The highest BCUT2D eigenvalue weighted by atomic mass is 19.2. The van der Waals surface area contributed by atoms with Crippen LogP contribution in [0.5, 0.6) is 0 Å². The first-order valence-electron chi connectivity index (χ1n) is 4.55. The summed E-state index contributed by atoms with van der Waals surface area (Å²) >= 11 is 0. The van der Waals surface area contributed by atoms with Crippen molar-refractivity contribution < 1.29 is 8.78 Å². The first-order chi connectivity index (χ1) is 6.66. The summed E-state index contributed by atoms with van der Waals surface area (Å²) in [6, 6.07) is 3.08. The molecule has 0 radical (unpaired) electrons. The lowest BCUT2D eigenvalue weighted by Crippen LogP contribution is -2.10. The van der Waals surface area contributed by atoms with E-state index in [0.717, 1.165) is 6.42 Å². The van der Waals surface area contributed by atoms with E-state index < -0.39 is 11.6 Å². The van der Waals surface area contributed by atoms with Gasteiger partial charge in [-0.1, -0.05) is 6.07 Å². The quantitative estimate of drug-likeness (QED) is 0.730. The maximum atomic E-state index is 13.2. The molecule has 1 rings (SSSR count). The molecular formula is C10H14F2N2. The number of nitrogens with two attached hydrogens (primary N) is 1. The molecule has 3 N–H and O–H groups in total. The predicted molar refractivity (Wildman–Crippen MR) is 53.3 cm³/mol. The molecule has 0 amide bonds. The molecular weight excluding hydrogens is 186 g/mol. The summed E-state index contributed by atoms with van der Waals surface area (Å²) in [5.74, 6) is -1.61. The van der Waals surface area contributed by atoms with Gasteiger partial charge in [0.25, 0.3) is 0 Å². The van der Waals surface area contributed by atoms with E-state index in [1.54, 1.807) is 6.07 Å². The number of hydrogen-bond acceptors (Lipinski definition) is 2. The van der Waals surface area contributed by atoms with Crippen LogP contribution in [0.2, 0.25) is 0 Å². The topological polar surface area (TPSA) is 38.0 Å². The Morgan fingerprint density at radius 3 is 2.64 bits per heavy atom. The van der Waals surface area contributed by atoms with E-state index in [2.05, 4.69) is 5.32 Å². The van der Waals surface area contributed by atoms with Crippen LogP contribution < -0.4 is 11.1 Å². The van der Waals surface area contributed by atoms with Crippen molar-refractivity contribution in [2.45, 2.75) is 13.3 Å². The highest BCUT2D eigenvalue weighted by Gasteiger charge is 2.09. The predicted octanol–water partition coefficient (Wildman–Crippen LogP) is 2.03. The van der Waals surface area contributed by atoms with Crippen molar-refractivity contribution in [3.63, 3.8) is 0 Å². The number of aryl methyl sites for hydroxylation is 1. The van der Waals surface area contributed by atoms with E-state index in [9.17, 15) is 8.78 Å². The van der Waals surface area contributed by atoms with Gasteiger partial charge in [-0.2, -0.15) is 0 Å². The van der Waals surface area contributed by atoms with E-state index in [1.165, 1.54) is 13.0 Å². The summed E-state index contributed by atoms with van der Waals surface area (Å²) in [4.78, 5) is 0. The monoisotopic (exact) mass is 200 g/mol. The summed E-state index contributed by atoms with van der Waals surface area (Å²) < 4.78 is 26.3. The molecule has 0 aliphatic rings. The van der Waals surface area contributed by atoms with Gasteiger partial charge in [-0.25, -0.2) is 8.78 Å². The Hall–Kier alpha value is -1.16. The zero-order chi connectivity index (χ0) is 10.6. The van der Waals surface area contributed by atoms with E-state index in [4.69, 9.17) is 5.73 Å². The molecule has 0 heterocycles. The summed E-state index contributed by atoms with van der Waals surface area (Å²) in [6.45, 7) is 2.61. The van der Waals surface area contributed by atoms with Crippen LogP contribution >= 0.6 is 0 Å². The molecule has 0 spiro atoms. The van der Waals surface area contributed by atoms with Crippen molar-refractivity contribution in [3.8, 4) is 0 Å². The van der Waals surface area contributed by atoms with Gasteiger partial charge in [0.2, 0.25) is 0 Å². The summed E-state index contributed by atoms with van der Waals surface area (Å²) in [7, 11) is 0. The SMILES string of the molecule is Cc1ccc(NCCCN)c(F)c1F. The number of anilines is 1. The number of halogens is 2. The number of hydrogen-bond donors (Lipinski definition) is 2. The zero-order valence-corrected chi connectivity index (χ0v) is 8.11. The fourth-order valence-electron chi connectivity index (χ4n) is 1.11. The summed E-state index contributed by atoms with van der Waals surface area (Å²) in [5, 5.41) is 2.79. The van der Waals surface area contributed by atoms with Gasteiger partial charge >= 0.3 is 0 Å². The van der Waals surface area contributed by atoms with Gasteiger partial charge in [0.1, 0.15) is 0 Å². The van der Waals surface area contributed by atoms with Gasteiger partial charge in [-0.05, 0) is 31.5 Å². The van der Waals surface area contributed by atoms with Crippen molar-refractivity contribution >= 4 is 5.69 Å². The van der Waals surface area contributed by atoms with Crippen LogP contribution in [-0.2, 0) is 0 Å². The van der Waals surface area contributed by atoms with E-state index in [0.29, 0.717) is 18.7 Å². The molecule has 0 bridgehead atoms. The molecule has 0 aliphatic carbocycles. The lowest BCUT2D eigenvalue weighted by molar-refractivity contribution is 0.505. The van der Waals surface area contributed by atoms with Crippen molar-refractivity contribution in [1.29, 1.82) is 0 Å². The highest BCUT2D eigenvalue weighted by Crippen LogP contribution is 2.19. The van der Waals surface area contributed by atoms with Gasteiger partial charge in [-0.15, -0.1) is 0 Å². The normalized spacial score (nSPS) is 10.3. The lowest BCUT2D eigenvalue weighted by Gasteiger charge is -2.08. The molecule has 0 saturated carbocycles. The molecule has 78 valence electrons.